The number of anilines is 1. The van der Waals surface area contributed by atoms with Gasteiger partial charge < -0.3 is 4.90 Å². The monoisotopic (exact) mass is 400 g/mol. The minimum absolute atomic E-state index is 0.156. The molecule has 1 heterocycles. The van der Waals surface area contributed by atoms with Gasteiger partial charge in [-0.05, 0) is 60.6 Å². The number of likely N-dealkylation sites (tertiary alicyclic amines) is 1. The second-order valence-corrected chi connectivity index (χ2v) is 9.48. The molecule has 1 aliphatic heterocycles. The lowest BCUT2D eigenvalue weighted by atomic mass is 10.0. The molecule has 0 aliphatic carbocycles. The molecular weight excluding hydrogens is 372 g/mol. The molecule has 0 aromatic heterocycles. The van der Waals surface area contributed by atoms with Crippen molar-refractivity contribution in [1.82, 2.24) is 4.90 Å². The van der Waals surface area contributed by atoms with Gasteiger partial charge >= 0.3 is 0 Å². The summed E-state index contributed by atoms with van der Waals surface area (Å²) in [5, 5.41) is 0. The highest BCUT2D eigenvalue weighted by Gasteiger charge is 2.20. The Morgan fingerprint density at radius 2 is 1.82 bits per heavy atom. The van der Waals surface area contributed by atoms with Crippen LogP contribution in [0.4, 0.5) is 5.69 Å². The summed E-state index contributed by atoms with van der Waals surface area (Å²) < 4.78 is 28.1. The van der Waals surface area contributed by atoms with Gasteiger partial charge in [-0.25, -0.2) is 8.42 Å². The first-order chi connectivity index (χ1) is 13.3. The van der Waals surface area contributed by atoms with Crippen LogP contribution in [0, 0.1) is 5.92 Å². The van der Waals surface area contributed by atoms with Gasteiger partial charge in [0.05, 0.1) is 4.90 Å². The molecule has 0 unspecified atom stereocenters. The van der Waals surface area contributed by atoms with E-state index in [1.54, 1.807) is 24.3 Å². The Morgan fingerprint density at radius 1 is 1.07 bits per heavy atom. The van der Waals surface area contributed by atoms with Crippen LogP contribution in [0.3, 0.4) is 0 Å². The summed E-state index contributed by atoms with van der Waals surface area (Å²) in [6, 6.07) is 14.3. The van der Waals surface area contributed by atoms with Gasteiger partial charge in [-0.2, -0.15) is 0 Å². The topological polar surface area (TPSA) is 66.5 Å². The first kappa shape index (κ1) is 20.4. The van der Waals surface area contributed by atoms with Crippen LogP contribution in [-0.4, -0.2) is 25.8 Å². The Balaban J connectivity index is 1.68. The predicted octanol–water partition coefficient (Wildman–Crippen LogP) is 4.20. The maximum Gasteiger partial charge on any atom is 0.261 e. The van der Waals surface area contributed by atoms with Crippen LogP contribution in [0.5, 0.6) is 0 Å². The van der Waals surface area contributed by atoms with Crippen LogP contribution in [0.2, 0.25) is 0 Å². The maximum absolute atomic E-state index is 12.7. The van der Waals surface area contributed by atoms with Gasteiger partial charge in [0.25, 0.3) is 10.0 Å². The van der Waals surface area contributed by atoms with Crippen LogP contribution >= 0.6 is 0 Å². The van der Waals surface area contributed by atoms with Crippen LogP contribution in [0.15, 0.2) is 53.4 Å². The molecule has 1 aliphatic rings. The number of aryl methyl sites for hydroxylation is 1. The van der Waals surface area contributed by atoms with Crippen molar-refractivity contribution >= 4 is 21.6 Å². The van der Waals surface area contributed by atoms with E-state index in [2.05, 4.69) is 18.6 Å². The molecule has 2 aromatic rings. The summed E-state index contributed by atoms with van der Waals surface area (Å²) in [6.07, 6.45) is 3.51. The molecule has 150 valence electrons. The van der Waals surface area contributed by atoms with E-state index in [4.69, 9.17) is 0 Å². The number of hydrogen-bond donors (Lipinski definition) is 1. The van der Waals surface area contributed by atoms with E-state index in [1.807, 2.05) is 29.2 Å². The third-order valence-corrected chi connectivity index (χ3v) is 6.37. The molecule has 1 N–H and O–H groups in total. The molecule has 6 heteroatoms. The largest absolute Gasteiger partial charge is 0.338 e. The Morgan fingerprint density at radius 3 is 2.46 bits per heavy atom. The molecular formula is C22H28N2O3S. The first-order valence-electron chi connectivity index (χ1n) is 9.82. The average Bonchev–Trinajstić information content (AvgIpc) is 3.05. The normalized spacial score (nSPS) is 14.7. The zero-order valence-electron chi connectivity index (χ0n) is 16.5. The second kappa shape index (κ2) is 8.78. The van der Waals surface area contributed by atoms with Gasteiger partial charge in [-0.15, -0.1) is 0 Å². The molecule has 2 aromatic carbocycles. The molecule has 0 bridgehead atoms. The molecule has 0 radical (unpaired) electrons. The molecule has 0 spiro atoms. The van der Waals surface area contributed by atoms with Gasteiger partial charge in [0.1, 0.15) is 0 Å². The standard InChI is InChI=1S/C22H28N2O3S/c1-17(2)8-9-18-10-12-21(13-11-18)28(26,27)23-20-6-3-5-19(15-20)16-24-14-4-7-22(24)25/h3,5-6,10-13,15,17,23H,4,7-9,14,16H2,1-2H3. The van der Waals surface area contributed by atoms with Gasteiger partial charge in [0.15, 0.2) is 0 Å². The van der Waals surface area contributed by atoms with Crippen LogP contribution in [-0.2, 0) is 27.8 Å². The number of carbonyl (C=O) groups is 1. The SMILES string of the molecule is CC(C)CCc1ccc(S(=O)(=O)Nc2cccc(CN3CCCC3=O)c2)cc1. The number of amides is 1. The van der Waals surface area contributed by atoms with Crippen LogP contribution in [0.25, 0.3) is 0 Å². The molecule has 3 rings (SSSR count). The Hall–Kier alpha value is -2.34. The van der Waals surface area contributed by atoms with E-state index < -0.39 is 10.0 Å². The van der Waals surface area contributed by atoms with Crippen LogP contribution < -0.4 is 4.72 Å². The summed E-state index contributed by atoms with van der Waals surface area (Å²) >= 11 is 0. The van der Waals surface area contributed by atoms with Crippen molar-refractivity contribution in [3.8, 4) is 0 Å². The Bertz CT molecular complexity index is 921. The van der Waals surface area contributed by atoms with E-state index in [0.717, 1.165) is 36.9 Å². The first-order valence-corrected chi connectivity index (χ1v) is 11.3. The van der Waals surface area contributed by atoms with Gasteiger partial charge in [0, 0.05) is 25.2 Å². The third kappa shape index (κ3) is 5.35. The minimum atomic E-state index is -3.65. The van der Waals surface area contributed by atoms with Crippen molar-refractivity contribution < 1.29 is 13.2 Å². The molecule has 0 atom stereocenters. The van der Waals surface area contributed by atoms with Crippen molar-refractivity contribution in [1.29, 1.82) is 0 Å². The minimum Gasteiger partial charge on any atom is -0.338 e. The Kier molecular flexibility index (Phi) is 6.39. The number of carbonyl (C=O) groups excluding carboxylic acids is 1. The van der Waals surface area contributed by atoms with Crippen molar-refractivity contribution in [2.45, 2.75) is 51.0 Å². The summed E-state index contributed by atoms with van der Waals surface area (Å²) in [6.45, 7) is 5.63. The lowest BCUT2D eigenvalue weighted by Gasteiger charge is -2.16. The highest BCUT2D eigenvalue weighted by molar-refractivity contribution is 7.92. The number of rotatable bonds is 8. The molecule has 1 amide bonds. The van der Waals surface area contributed by atoms with Crippen LogP contribution in [0.1, 0.15) is 44.2 Å². The number of nitrogens with one attached hydrogen (secondary N) is 1. The van der Waals surface area contributed by atoms with Gasteiger partial charge in [-0.3, -0.25) is 9.52 Å². The van der Waals surface area contributed by atoms with E-state index in [9.17, 15) is 13.2 Å². The van der Waals surface area contributed by atoms with Crippen molar-refractivity contribution in [2.75, 3.05) is 11.3 Å². The van der Waals surface area contributed by atoms with E-state index in [0.29, 0.717) is 24.6 Å². The fourth-order valence-electron chi connectivity index (χ4n) is 3.33. The van der Waals surface area contributed by atoms with Crippen molar-refractivity contribution in [3.63, 3.8) is 0 Å². The number of benzene rings is 2. The van der Waals surface area contributed by atoms with Gasteiger partial charge in [0.2, 0.25) is 5.91 Å². The van der Waals surface area contributed by atoms with E-state index in [1.165, 1.54) is 0 Å². The summed E-state index contributed by atoms with van der Waals surface area (Å²) in [7, 11) is -3.65. The molecule has 1 fully saturated rings. The zero-order chi connectivity index (χ0) is 20.1. The molecule has 1 saturated heterocycles. The fraction of sp³-hybridized carbons (Fsp3) is 0.409. The molecule has 28 heavy (non-hydrogen) atoms. The number of hydrogen-bond acceptors (Lipinski definition) is 3. The number of sulfonamides is 1. The fourth-order valence-corrected chi connectivity index (χ4v) is 4.38. The lowest BCUT2D eigenvalue weighted by molar-refractivity contribution is -0.128. The van der Waals surface area contributed by atoms with Crippen molar-refractivity contribution in [3.05, 3.63) is 59.7 Å². The molecule has 0 saturated carbocycles. The highest BCUT2D eigenvalue weighted by atomic mass is 32.2. The smallest absolute Gasteiger partial charge is 0.261 e. The molecule has 5 nitrogen and oxygen atoms in total. The summed E-state index contributed by atoms with van der Waals surface area (Å²) in [5.74, 6) is 0.775. The van der Waals surface area contributed by atoms with E-state index >= 15 is 0 Å². The Labute approximate surface area is 167 Å². The van der Waals surface area contributed by atoms with Gasteiger partial charge in [-0.1, -0.05) is 38.1 Å². The quantitative estimate of drug-likeness (QED) is 0.722. The maximum atomic E-state index is 12.7. The highest BCUT2D eigenvalue weighted by Crippen LogP contribution is 2.21. The number of nitrogens with zero attached hydrogens (tertiary/aromatic N) is 1. The third-order valence-electron chi connectivity index (χ3n) is 4.97. The van der Waals surface area contributed by atoms with Crippen molar-refractivity contribution in [2.24, 2.45) is 5.92 Å². The predicted molar refractivity (Wildman–Crippen MR) is 112 cm³/mol. The second-order valence-electron chi connectivity index (χ2n) is 7.80. The summed E-state index contributed by atoms with van der Waals surface area (Å²) in [5.41, 5.74) is 2.57. The summed E-state index contributed by atoms with van der Waals surface area (Å²) in [4.78, 5) is 13.9. The average molecular weight is 401 g/mol. The lowest BCUT2D eigenvalue weighted by Crippen LogP contribution is -2.23. The zero-order valence-corrected chi connectivity index (χ0v) is 17.3. The van der Waals surface area contributed by atoms with E-state index in [-0.39, 0.29) is 10.8 Å².